The lowest BCUT2D eigenvalue weighted by molar-refractivity contribution is -0.123. The number of aliphatic hydroxyl groups excluding tert-OH is 2. The van der Waals surface area contributed by atoms with Crippen LogP contribution in [0, 0.1) is 0 Å². The molecule has 0 spiro atoms. The Bertz CT molecular complexity index is 1820. The molecule has 6 rings (SSSR count). The Morgan fingerprint density at radius 1 is 1.20 bits per heavy atom. The van der Waals surface area contributed by atoms with Gasteiger partial charge >= 0.3 is 19.9 Å². The van der Waals surface area contributed by atoms with Crippen molar-refractivity contribution in [3.05, 3.63) is 24.7 Å². The molecular weight excluding hydrogens is 740 g/mol. The molecule has 3 aliphatic rings. The zero-order valence-corrected chi connectivity index (χ0v) is 28.9. The Hall–Kier alpha value is -2.57. The topological polar surface area (TPSA) is 271 Å². The number of guanidine groups is 1. The molecular formula is C23H31F2N10O10P2S2+. The van der Waals surface area contributed by atoms with E-state index in [4.69, 9.17) is 51.1 Å². The largest absolute Gasteiger partial charge is 0.582 e. The number of nitrogens with two attached hydrogens (primary N) is 2. The number of nitrogens with zero attached hydrogens (tertiary/aromatic N) is 7. The molecule has 10 atom stereocenters. The van der Waals surface area contributed by atoms with E-state index in [0.717, 1.165) is 10.9 Å². The molecule has 2 fully saturated rings. The van der Waals surface area contributed by atoms with Gasteiger partial charge in [0, 0.05) is 13.5 Å². The van der Waals surface area contributed by atoms with Crippen LogP contribution in [0.3, 0.4) is 0 Å². The number of hydrogen-bond acceptors (Lipinski definition) is 18. The molecule has 6 heterocycles. The Balaban J connectivity index is 1.24. The number of halogens is 2. The second kappa shape index (κ2) is 13.5. The van der Waals surface area contributed by atoms with Crippen molar-refractivity contribution in [2.24, 2.45) is 10.7 Å². The van der Waals surface area contributed by atoms with Gasteiger partial charge in [-0.05, 0) is 23.3 Å². The molecule has 268 valence electrons. The van der Waals surface area contributed by atoms with Crippen LogP contribution >= 0.6 is 26.2 Å². The van der Waals surface area contributed by atoms with Gasteiger partial charge in [-0.15, -0.1) is 4.52 Å². The average molecular weight is 772 g/mol. The highest BCUT2D eigenvalue weighted by molar-refractivity contribution is 8.39. The molecule has 3 aromatic rings. The Morgan fingerprint density at radius 2 is 1.94 bits per heavy atom. The lowest BCUT2D eigenvalue weighted by atomic mass is 9.98. The van der Waals surface area contributed by atoms with E-state index in [2.05, 4.69) is 42.5 Å². The SMILES string of the molecule is CO[C@H]1[C@@H](n2cnc3c(N)ncnc32)O[C@](C)(COP(O)(=S)O[C@H]2[C@H](n3cnc4c3NC(N)=NC4O)O[C@H](CCO[P+](=O)S)C2(F)F)[C@H]1O. The number of aliphatic imine (C=N–C) groups is 1. The first-order chi connectivity index (χ1) is 23.1. The second-order valence-electron chi connectivity index (χ2n) is 11.3. The van der Waals surface area contributed by atoms with Crippen molar-refractivity contribution in [2.45, 2.75) is 68.0 Å². The van der Waals surface area contributed by atoms with Crippen molar-refractivity contribution in [3.63, 3.8) is 0 Å². The summed E-state index contributed by atoms with van der Waals surface area (Å²) < 4.78 is 79.1. The van der Waals surface area contributed by atoms with Gasteiger partial charge in [0.05, 0.1) is 19.3 Å². The summed E-state index contributed by atoms with van der Waals surface area (Å²) in [4.78, 5) is 31.2. The first-order valence-corrected chi connectivity index (χ1v) is 19.1. The predicted molar refractivity (Wildman–Crippen MR) is 171 cm³/mol. The second-order valence-corrected chi connectivity index (χ2v) is 15.8. The number of alkyl halides is 2. The van der Waals surface area contributed by atoms with E-state index < -0.39 is 88.2 Å². The third-order valence-electron chi connectivity index (χ3n) is 8.10. The number of hydrogen-bond donors (Lipinski definition) is 7. The number of anilines is 2. The number of rotatable bonds is 12. The summed E-state index contributed by atoms with van der Waals surface area (Å²) in [5, 5.41) is 24.2. The van der Waals surface area contributed by atoms with Crippen molar-refractivity contribution in [1.82, 2.24) is 29.1 Å². The minimum Gasteiger partial charge on any atom is -0.387 e. The fourth-order valence-corrected chi connectivity index (χ4v) is 7.66. The number of thiol groups is 1. The minimum absolute atomic E-state index is 0.0393. The van der Waals surface area contributed by atoms with E-state index in [0.29, 0.717) is 0 Å². The van der Waals surface area contributed by atoms with Crippen molar-refractivity contribution in [3.8, 4) is 0 Å². The number of aromatic nitrogens is 6. The number of nitrogen functional groups attached to an aromatic ring is 1. The normalized spacial score (nSPS) is 32.4. The molecule has 0 radical (unpaired) electrons. The zero-order chi connectivity index (χ0) is 35.5. The monoisotopic (exact) mass is 771 g/mol. The van der Waals surface area contributed by atoms with Crippen LogP contribution in [0.15, 0.2) is 24.0 Å². The molecule has 3 unspecified atom stereocenters. The summed E-state index contributed by atoms with van der Waals surface area (Å²) in [6.45, 7) is -4.27. The molecule has 3 aliphatic heterocycles. The maximum absolute atomic E-state index is 16.0. The summed E-state index contributed by atoms with van der Waals surface area (Å²) in [6, 6.07) is 0. The van der Waals surface area contributed by atoms with Gasteiger partial charge in [-0.25, -0.2) is 33.7 Å². The van der Waals surface area contributed by atoms with Crippen molar-refractivity contribution in [1.29, 1.82) is 0 Å². The minimum atomic E-state index is -4.61. The lowest BCUT2D eigenvalue weighted by Crippen LogP contribution is -2.45. The van der Waals surface area contributed by atoms with E-state index >= 15 is 8.78 Å². The van der Waals surface area contributed by atoms with Gasteiger partial charge in [-0.3, -0.25) is 13.7 Å². The van der Waals surface area contributed by atoms with Crippen LogP contribution in [0.1, 0.15) is 37.7 Å². The van der Waals surface area contributed by atoms with Crippen molar-refractivity contribution >= 4 is 66.8 Å². The van der Waals surface area contributed by atoms with Gasteiger partial charge in [0.2, 0.25) is 0 Å². The van der Waals surface area contributed by atoms with Crippen LogP contribution in [-0.2, 0) is 44.2 Å². The Kier molecular flexibility index (Phi) is 10.00. The quantitative estimate of drug-likeness (QED) is 0.0993. The summed E-state index contributed by atoms with van der Waals surface area (Å²) in [5.74, 6) is -4.04. The molecule has 0 aliphatic carbocycles. The summed E-state index contributed by atoms with van der Waals surface area (Å²) in [7, 11) is -1.06. The van der Waals surface area contributed by atoms with Crippen LogP contribution in [0.4, 0.5) is 20.4 Å². The number of imidazole rings is 2. The molecule has 0 amide bonds. The molecule has 0 saturated carbocycles. The number of fused-ring (bicyclic) bond motifs is 2. The van der Waals surface area contributed by atoms with Gasteiger partial charge in [0.25, 0.3) is 0 Å². The fourth-order valence-electron chi connectivity index (χ4n) is 5.70. The molecule has 8 N–H and O–H groups in total. The Labute approximate surface area is 286 Å². The van der Waals surface area contributed by atoms with E-state index in [1.807, 2.05) is 0 Å². The van der Waals surface area contributed by atoms with Crippen LogP contribution < -0.4 is 16.8 Å². The average Bonchev–Trinajstić information content (AvgIpc) is 3.76. The van der Waals surface area contributed by atoms with Gasteiger partial charge in [0.15, 0.2) is 42.2 Å². The molecule has 0 aromatic carbocycles. The van der Waals surface area contributed by atoms with Gasteiger partial charge in [0.1, 0.15) is 66.1 Å². The highest BCUT2D eigenvalue weighted by Crippen LogP contribution is 2.56. The maximum atomic E-state index is 16.0. The standard InChI is InChI=1S/C23H30F2N10O10P2S2/c1-22(13(36)12(40-2)19(44-22)34-7-30-10-15(26)28-6-29-16(10)34)5-42-47(39,49)45-14-20(43-9(23(14,24)25)3-4-41-46(38)48)35-8-31-11-17(35)32-21(27)33-18(11)37/h6-9,12-14,18-20,36-37H,3-5H2,1-2H3,(H6-,26,27,28,29,32,33,38,39,48,49)/p+1/t9-,12-,13+,14+,18?,19+,20-,22-,47?/m1/s1. The number of methoxy groups -OCH3 is 1. The van der Waals surface area contributed by atoms with Crippen LogP contribution in [0.25, 0.3) is 11.2 Å². The highest BCUT2D eigenvalue weighted by atomic mass is 32.7. The van der Waals surface area contributed by atoms with E-state index in [9.17, 15) is 19.7 Å². The first kappa shape index (κ1) is 36.2. The summed E-state index contributed by atoms with van der Waals surface area (Å²) in [5.41, 5.74) is 10.5. The summed E-state index contributed by atoms with van der Waals surface area (Å²) >= 11 is 8.79. The lowest BCUT2D eigenvalue weighted by Gasteiger charge is -2.32. The Morgan fingerprint density at radius 3 is 2.65 bits per heavy atom. The van der Waals surface area contributed by atoms with Gasteiger partial charge < -0.3 is 50.6 Å². The van der Waals surface area contributed by atoms with Gasteiger partial charge in [-0.2, -0.15) is 0 Å². The van der Waals surface area contributed by atoms with Crippen LogP contribution in [-0.4, -0.2) is 106 Å². The third-order valence-corrected chi connectivity index (χ3v) is 10.4. The van der Waals surface area contributed by atoms with Gasteiger partial charge in [-0.1, -0.05) is 0 Å². The number of aliphatic hydroxyl groups is 2. The zero-order valence-electron chi connectivity index (χ0n) is 25.4. The van der Waals surface area contributed by atoms with Crippen LogP contribution in [0.5, 0.6) is 0 Å². The summed E-state index contributed by atoms with van der Waals surface area (Å²) in [6.07, 6.45) is -7.78. The predicted octanol–water partition coefficient (Wildman–Crippen LogP) is 0.845. The van der Waals surface area contributed by atoms with Crippen molar-refractivity contribution in [2.75, 3.05) is 31.4 Å². The molecule has 20 nitrogen and oxygen atoms in total. The van der Waals surface area contributed by atoms with E-state index in [1.54, 1.807) is 0 Å². The number of ether oxygens (including phenoxy) is 3. The van der Waals surface area contributed by atoms with E-state index in [1.165, 1.54) is 31.3 Å². The molecule has 3 aromatic heterocycles. The maximum Gasteiger partial charge on any atom is 0.582 e. The first-order valence-electron chi connectivity index (χ1n) is 14.2. The van der Waals surface area contributed by atoms with E-state index in [-0.39, 0.29) is 34.5 Å². The van der Waals surface area contributed by atoms with Crippen LogP contribution in [0.2, 0.25) is 0 Å². The number of nitrogens with one attached hydrogen (secondary N) is 1. The molecule has 26 heteroatoms. The fraction of sp³-hybridized carbons (Fsp3) is 0.609. The molecule has 49 heavy (non-hydrogen) atoms. The van der Waals surface area contributed by atoms with Crippen molar-refractivity contribution < 1.29 is 56.2 Å². The highest BCUT2D eigenvalue weighted by Gasteiger charge is 2.62. The molecule has 0 bridgehead atoms. The molecule has 2 saturated heterocycles. The third kappa shape index (κ3) is 6.78. The smallest absolute Gasteiger partial charge is 0.387 e.